The molecule has 0 saturated carbocycles. The Hall–Kier alpha value is -3.83. The van der Waals surface area contributed by atoms with E-state index in [9.17, 15) is 15.0 Å². The first kappa shape index (κ1) is 26.4. The van der Waals surface area contributed by atoms with Crippen molar-refractivity contribution in [3.05, 3.63) is 47.7 Å². The Morgan fingerprint density at radius 2 is 1.77 bits per heavy atom. The molecule has 3 aliphatic rings. The second-order valence-electron chi connectivity index (χ2n) is 10.5. The molecule has 2 N–H and O–H groups in total. The third-order valence-corrected chi connectivity index (χ3v) is 7.99. The molecule has 3 aliphatic heterocycles. The minimum atomic E-state index is -0.886. The number of carboxylic acid groups (broad SMARTS) is 1. The Morgan fingerprint density at radius 1 is 0.975 bits per heavy atom. The van der Waals surface area contributed by atoms with Gasteiger partial charge in [0.25, 0.3) is 0 Å². The first-order valence-electron chi connectivity index (χ1n) is 14.1. The lowest BCUT2D eigenvalue weighted by atomic mass is 10.0. The van der Waals surface area contributed by atoms with Crippen LogP contribution in [-0.2, 0) is 17.7 Å². The van der Waals surface area contributed by atoms with Gasteiger partial charge in [-0.25, -0.2) is 4.79 Å². The molecule has 2 saturated heterocycles. The molecule has 0 atom stereocenters. The summed E-state index contributed by atoms with van der Waals surface area (Å²) in [7, 11) is 0. The number of hydrogen-bond donors (Lipinski definition) is 2. The second kappa shape index (κ2) is 11.7. The summed E-state index contributed by atoms with van der Waals surface area (Å²) in [4.78, 5) is 29.4. The van der Waals surface area contributed by atoms with E-state index in [-0.39, 0.29) is 5.75 Å². The summed E-state index contributed by atoms with van der Waals surface area (Å²) in [6.45, 7) is 8.25. The van der Waals surface area contributed by atoms with E-state index in [1.54, 1.807) is 6.07 Å². The number of morpholine rings is 1. The summed E-state index contributed by atoms with van der Waals surface area (Å²) in [5.41, 5.74) is 2.97. The van der Waals surface area contributed by atoms with Gasteiger partial charge in [-0.3, -0.25) is 4.90 Å². The number of anilines is 2. The minimum Gasteiger partial charge on any atom is -0.508 e. The molecule has 40 heavy (non-hydrogen) atoms. The molecule has 4 heterocycles. The number of fused-ring (bicyclic) bond motifs is 2. The summed E-state index contributed by atoms with van der Waals surface area (Å²) >= 11 is 0. The zero-order valence-corrected chi connectivity index (χ0v) is 22.7. The number of aromatic nitrogens is 2. The minimum absolute atomic E-state index is 0.239. The van der Waals surface area contributed by atoms with E-state index in [2.05, 4.69) is 20.8 Å². The van der Waals surface area contributed by atoms with E-state index < -0.39 is 6.09 Å². The van der Waals surface area contributed by atoms with Crippen molar-refractivity contribution in [2.75, 3.05) is 82.0 Å². The molecule has 11 heteroatoms. The van der Waals surface area contributed by atoms with Gasteiger partial charge in [0.15, 0.2) is 0 Å². The fourth-order valence-electron chi connectivity index (χ4n) is 5.84. The first-order chi connectivity index (χ1) is 19.5. The molecule has 3 aromatic rings. The first-order valence-corrected chi connectivity index (χ1v) is 14.1. The third-order valence-electron chi connectivity index (χ3n) is 7.99. The van der Waals surface area contributed by atoms with E-state index >= 15 is 0 Å². The standard InChI is InChI=1S/C29H36N6O5/c36-22-18-21-4-1-2-5-23(21)26(19-22)35-8-6-24-25(20-35)30-28(40-15-3-7-32-13-16-39-17-14-32)31-27(24)33-9-11-34(12-10-33)29(37)38/h1-2,4-5,18-19,36H,3,6-17,20H2,(H,37,38). The van der Waals surface area contributed by atoms with Gasteiger partial charge in [0.05, 0.1) is 32.1 Å². The second-order valence-corrected chi connectivity index (χ2v) is 10.5. The Morgan fingerprint density at radius 3 is 2.58 bits per heavy atom. The van der Waals surface area contributed by atoms with E-state index in [0.717, 1.165) is 85.8 Å². The fraction of sp³-hybridized carbons (Fsp3) is 0.483. The monoisotopic (exact) mass is 548 g/mol. The summed E-state index contributed by atoms with van der Waals surface area (Å²) in [5.74, 6) is 1.09. The van der Waals surface area contributed by atoms with Gasteiger partial charge in [-0.2, -0.15) is 9.97 Å². The highest BCUT2D eigenvalue weighted by Crippen LogP contribution is 2.36. The molecule has 2 fully saturated rings. The predicted octanol–water partition coefficient (Wildman–Crippen LogP) is 2.80. The average Bonchev–Trinajstić information content (AvgIpc) is 2.98. The van der Waals surface area contributed by atoms with Crippen LogP contribution >= 0.6 is 0 Å². The molecule has 1 amide bonds. The molecule has 0 bridgehead atoms. The highest BCUT2D eigenvalue weighted by Gasteiger charge is 2.29. The molecule has 0 radical (unpaired) electrons. The van der Waals surface area contributed by atoms with Crippen LogP contribution < -0.4 is 14.5 Å². The third kappa shape index (κ3) is 5.71. The van der Waals surface area contributed by atoms with Crippen molar-refractivity contribution in [3.8, 4) is 11.8 Å². The number of amides is 1. The number of carbonyl (C=O) groups is 1. The molecule has 0 unspecified atom stereocenters. The maximum atomic E-state index is 11.5. The topological polar surface area (TPSA) is 115 Å². The van der Waals surface area contributed by atoms with Gasteiger partial charge in [0, 0.05) is 75.1 Å². The lowest BCUT2D eigenvalue weighted by Gasteiger charge is -2.37. The summed E-state index contributed by atoms with van der Waals surface area (Å²) in [6.07, 6.45) is 0.724. The van der Waals surface area contributed by atoms with Crippen molar-refractivity contribution < 1.29 is 24.5 Å². The van der Waals surface area contributed by atoms with Gasteiger partial charge < -0.3 is 34.4 Å². The van der Waals surface area contributed by atoms with Crippen molar-refractivity contribution in [2.24, 2.45) is 0 Å². The van der Waals surface area contributed by atoms with Crippen molar-refractivity contribution in [1.29, 1.82) is 0 Å². The molecule has 212 valence electrons. The highest BCUT2D eigenvalue weighted by molar-refractivity contribution is 5.95. The zero-order valence-electron chi connectivity index (χ0n) is 22.7. The molecule has 6 rings (SSSR count). The van der Waals surface area contributed by atoms with Crippen LogP contribution in [0.1, 0.15) is 17.7 Å². The van der Waals surface area contributed by atoms with Crippen LogP contribution in [0, 0.1) is 0 Å². The van der Waals surface area contributed by atoms with Gasteiger partial charge >= 0.3 is 12.1 Å². The number of nitrogens with zero attached hydrogens (tertiary/aromatic N) is 6. The number of phenolic OH excluding ortho intramolecular Hbond substituents is 1. The molecule has 11 nitrogen and oxygen atoms in total. The van der Waals surface area contributed by atoms with Crippen LogP contribution in [0.4, 0.5) is 16.3 Å². The number of phenols is 1. The van der Waals surface area contributed by atoms with Gasteiger partial charge in [-0.1, -0.05) is 24.3 Å². The molecule has 2 aromatic carbocycles. The largest absolute Gasteiger partial charge is 0.508 e. The lowest BCUT2D eigenvalue weighted by Crippen LogP contribution is -2.49. The highest BCUT2D eigenvalue weighted by atomic mass is 16.5. The summed E-state index contributed by atoms with van der Waals surface area (Å²) in [5, 5.41) is 21.9. The van der Waals surface area contributed by atoms with E-state index in [0.29, 0.717) is 45.3 Å². The van der Waals surface area contributed by atoms with Crippen LogP contribution in [0.5, 0.6) is 11.8 Å². The van der Waals surface area contributed by atoms with E-state index in [4.69, 9.17) is 19.4 Å². The number of piperazine rings is 1. The van der Waals surface area contributed by atoms with Crippen LogP contribution in [0.3, 0.4) is 0 Å². The quantitative estimate of drug-likeness (QED) is 0.427. The van der Waals surface area contributed by atoms with Crippen LogP contribution in [-0.4, -0.2) is 108 Å². The maximum absolute atomic E-state index is 11.5. The molecular weight excluding hydrogens is 512 g/mol. The Balaban J connectivity index is 1.24. The predicted molar refractivity (Wildman–Crippen MR) is 152 cm³/mol. The van der Waals surface area contributed by atoms with E-state index in [1.807, 2.05) is 24.3 Å². The number of aromatic hydroxyl groups is 1. The molecular formula is C29H36N6O5. The Kier molecular flexibility index (Phi) is 7.74. The fourth-order valence-corrected chi connectivity index (χ4v) is 5.84. The lowest BCUT2D eigenvalue weighted by molar-refractivity contribution is 0.0356. The van der Waals surface area contributed by atoms with Crippen molar-refractivity contribution in [1.82, 2.24) is 19.8 Å². The van der Waals surface area contributed by atoms with Gasteiger partial charge in [0.2, 0.25) is 0 Å². The average molecular weight is 549 g/mol. The SMILES string of the molecule is O=C(O)N1CCN(c2nc(OCCCN3CCOCC3)nc3c2CCN(c2cc(O)cc4ccccc24)C3)CC1. The summed E-state index contributed by atoms with van der Waals surface area (Å²) < 4.78 is 11.6. The normalized spacial score (nSPS) is 18.1. The van der Waals surface area contributed by atoms with Crippen molar-refractivity contribution >= 4 is 28.4 Å². The van der Waals surface area contributed by atoms with E-state index in [1.165, 1.54) is 4.90 Å². The number of benzene rings is 2. The molecule has 0 spiro atoms. The molecule has 0 aliphatic carbocycles. The van der Waals surface area contributed by atoms with Crippen LogP contribution in [0.2, 0.25) is 0 Å². The smallest absolute Gasteiger partial charge is 0.407 e. The molecule has 1 aromatic heterocycles. The van der Waals surface area contributed by atoms with Crippen molar-refractivity contribution in [2.45, 2.75) is 19.4 Å². The van der Waals surface area contributed by atoms with Crippen molar-refractivity contribution in [3.63, 3.8) is 0 Å². The number of hydrogen-bond acceptors (Lipinski definition) is 9. The van der Waals surface area contributed by atoms with Crippen LogP contribution in [0.25, 0.3) is 10.8 Å². The van der Waals surface area contributed by atoms with Crippen LogP contribution in [0.15, 0.2) is 36.4 Å². The number of ether oxygens (including phenoxy) is 2. The van der Waals surface area contributed by atoms with Gasteiger partial charge in [-0.15, -0.1) is 0 Å². The maximum Gasteiger partial charge on any atom is 0.407 e. The summed E-state index contributed by atoms with van der Waals surface area (Å²) in [6, 6.07) is 12.1. The Bertz CT molecular complexity index is 1360. The zero-order chi connectivity index (χ0) is 27.5. The number of rotatable bonds is 7. The van der Waals surface area contributed by atoms with Gasteiger partial charge in [-0.05, 0) is 24.3 Å². The Labute approximate surface area is 233 Å². The van der Waals surface area contributed by atoms with Gasteiger partial charge in [0.1, 0.15) is 11.6 Å².